The summed E-state index contributed by atoms with van der Waals surface area (Å²) in [5.74, 6) is 0.278. The van der Waals surface area contributed by atoms with Crippen molar-refractivity contribution in [1.82, 2.24) is 0 Å². The van der Waals surface area contributed by atoms with Gasteiger partial charge in [0.2, 0.25) is 0 Å². The highest BCUT2D eigenvalue weighted by molar-refractivity contribution is 6.30. The van der Waals surface area contributed by atoms with Crippen LogP contribution < -0.4 is 4.74 Å². The van der Waals surface area contributed by atoms with Crippen LogP contribution in [-0.4, -0.2) is 13.1 Å². The summed E-state index contributed by atoms with van der Waals surface area (Å²) >= 11 is 5.99. The molecule has 136 valence electrons. The minimum atomic E-state index is -0.410. The zero-order valence-electron chi connectivity index (χ0n) is 14.9. The second kappa shape index (κ2) is 9.06. The van der Waals surface area contributed by atoms with E-state index < -0.39 is 5.97 Å². The molecule has 3 nitrogen and oxygen atoms in total. The van der Waals surface area contributed by atoms with Crippen LogP contribution >= 0.6 is 11.6 Å². The standard InChI is InChI=1S/C23H19ClO3/c1-26-22-13-6-5-11-19(22)15-21(18-9-3-2-4-10-18)23(25)27-16-17-8-7-12-20(24)14-17/h2-15H,16H2,1H3. The summed E-state index contributed by atoms with van der Waals surface area (Å²) in [6, 6.07) is 24.2. The Hall–Kier alpha value is -3.04. The Kier molecular flexibility index (Phi) is 6.29. The predicted octanol–water partition coefficient (Wildman–Crippen LogP) is 5.63. The fourth-order valence-corrected chi connectivity index (χ4v) is 2.89. The monoisotopic (exact) mass is 378 g/mol. The Labute approximate surface area is 163 Å². The number of hydrogen-bond acceptors (Lipinski definition) is 3. The van der Waals surface area contributed by atoms with Crippen LogP contribution in [0.2, 0.25) is 5.02 Å². The maximum Gasteiger partial charge on any atom is 0.339 e. The van der Waals surface area contributed by atoms with Crippen molar-refractivity contribution in [3.05, 3.63) is 101 Å². The van der Waals surface area contributed by atoms with Gasteiger partial charge in [-0.15, -0.1) is 0 Å². The lowest BCUT2D eigenvalue weighted by molar-refractivity contribution is -0.137. The smallest absolute Gasteiger partial charge is 0.339 e. The van der Waals surface area contributed by atoms with E-state index in [9.17, 15) is 4.79 Å². The van der Waals surface area contributed by atoms with Gasteiger partial charge in [0, 0.05) is 10.6 Å². The van der Waals surface area contributed by atoms with Crippen molar-refractivity contribution < 1.29 is 14.3 Å². The molecule has 0 N–H and O–H groups in total. The van der Waals surface area contributed by atoms with E-state index in [-0.39, 0.29) is 6.61 Å². The zero-order chi connectivity index (χ0) is 19.1. The number of carbonyl (C=O) groups excluding carboxylic acids is 1. The van der Waals surface area contributed by atoms with Gasteiger partial charge in [-0.05, 0) is 35.4 Å². The molecule has 0 atom stereocenters. The number of hydrogen-bond donors (Lipinski definition) is 0. The van der Waals surface area contributed by atoms with E-state index in [2.05, 4.69) is 0 Å². The van der Waals surface area contributed by atoms with Gasteiger partial charge in [-0.3, -0.25) is 0 Å². The summed E-state index contributed by atoms with van der Waals surface area (Å²) in [6.07, 6.45) is 1.79. The molecule has 0 aliphatic rings. The van der Waals surface area contributed by atoms with Crippen LogP contribution in [-0.2, 0) is 16.1 Å². The molecule has 3 rings (SSSR count). The van der Waals surface area contributed by atoms with Crippen molar-refractivity contribution in [1.29, 1.82) is 0 Å². The molecule has 0 saturated carbocycles. The lowest BCUT2D eigenvalue weighted by Gasteiger charge is -2.11. The number of esters is 1. The molecule has 0 aliphatic carbocycles. The Bertz CT molecular complexity index is 949. The summed E-state index contributed by atoms with van der Waals surface area (Å²) < 4.78 is 10.9. The highest BCUT2D eigenvalue weighted by Gasteiger charge is 2.15. The van der Waals surface area contributed by atoms with Crippen LogP contribution in [0.4, 0.5) is 0 Å². The minimum Gasteiger partial charge on any atom is -0.496 e. The SMILES string of the molecule is COc1ccccc1C=C(C(=O)OCc1cccc(Cl)c1)c1ccccc1. The molecule has 0 heterocycles. The number of rotatable bonds is 6. The quantitative estimate of drug-likeness (QED) is 0.316. The van der Waals surface area contributed by atoms with E-state index in [1.165, 1.54) is 0 Å². The number of para-hydroxylation sites is 1. The van der Waals surface area contributed by atoms with Gasteiger partial charge < -0.3 is 9.47 Å². The van der Waals surface area contributed by atoms with Crippen molar-refractivity contribution in [3.63, 3.8) is 0 Å². The van der Waals surface area contributed by atoms with E-state index in [4.69, 9.17) is 21.1 Å². The highest BCUT2D eigenvalue weighted by Crippen LogP contribution is 2.26. The van der Waals surface area contributed by atoms with E-state index in [1.54, 1.807) is 25.3 Å². The third-order valence-electron chi connectivity index (χ3n) is 4.00. The first-order chi connectivity index (χ1) is 13.2. The molecule has 27 heavy (non-hydrogen) atoms. The predicted molar refractivity (Wildman–Crippen MR) is 109 cm³/mol. The fourth-order valence-electron chi connectivity index (χ4n) is 2.67. The molecule has 0 fully saturated rings. The van der Waals surface area contributed by atoms with Gasteiger partial charge in [-0.1, -0.05) is 72.3 Å². The third-order valence-corrected chi connectivity index (χ3v) is 4.24. The van der Waals surface area contributed by atoms with E-state index >= 15 is 0 Å². The maximum atomic E-state index is 12.8. The van der Waals surface area contributed by atoms with Gasteiger partial charge in [0.25, 0.3) is 0 Å². The van der Waals surface area contributed by atoms with E-state index in [1.807, 2.05) is 66.7 Å². The van der Waals surface area contributed by atoms with Gasteiger partial charge in [-0.25, -0.2) is 4.79 Å². The van der Waals surface area contributed by atoms with Crippen LogP contribution in [0.3, 0.4) is 0 Å². The summed E-state index contributed by atoms with van der Waals surface area (Å²) in [5, 5.41) is 0.608. The second-order valence-corrected chi connectivity index (χ2v) is 6.31. The molecule has 0 aliphatic heterocycles. The highest BCUT2D eigenvalue weighted by atomic mass is 35.5. The van der Waals surface area contributed by atoms with Crippen molar-refractivity contribution in [3.8, 4) is 5.75 Å². The minimum absolute atomic E-state index is 0.148. The van der Waals surface area contributed by atoms with E-state index in [0.29, 0.717) is 16.3 Å². The normalized spacial score (nSPS) is 11.1. The molecule has 4 heteroatoms. The van der Waals surface area contributed by atoms with E-state index in [0.717, 1.165) is 16.7 Å². The molecule has 0 amide bonds. The second-order valence-electron chi connectivity index (χ2n) is 5.87. The van der Waals surface area contributed by atoms with Crippen LogP contribution in [0.15, 0.2) is 78.9 Å². The van der Waals surface area contributed by atoms with Crippen LogP contribution in [0.5, 0.6) is 5.75 Å². The van der Waals surface area contributed by atoms with Crippen LogP contribution in [0.1, 0.15) is 16.7 Å². The Morgan fingerprint density at radius 2 is 1.70 bits per heavy atom. The molecule has 0 radical (unpaired) electrons. The van der Waals surface area contributed by atoms with Gasteiger partial charge >= 0.3 is 5.97 Å². The van der Waals surface area contributed by atoms with Crippen molar-refractivity contribution in [2.24, 2.45) is 0 Å². The first kappa shape index (κ1) is 18.7. The number of halogens is 1. The molecule has 0 spiro atoms. The molecule has 0 saturated heterocycles. The zero-order valence-corrected chi connectivity index (χ0v) is 15.6. The first-order valence-electron chi connectivity index (χ1n) is 8.49. The largest absolute Gasteiger partial charge is 0.496 e. The van der Waals surface area contributed by atoms with Crippen molar-refractivity contribution in [2.45, 2.75) is 6.61 Å². The number of benzene rings is 3. The molecule has 0 bridgehead atoms. The molecule has 3 aromatic carbocycles. The Morgan fingerprint density at radius 3 is 2.44 bits per heavy atom. The summed E-state index contributed by atoms with van der Waals surface area (Å²) in [7, 11) is 1.60. The number of ether oxygens (including phenoxy) is 2. The van der Waals surface area contributed by atoms with Gasteiger partial charge in [0.05, 0.1) is 12.7 Å². The van der Waals surface area contributed by atoms with Gasteiger partial charge in [-0.2, -0.15) is 0 Å². The summed E-state index contributed by atoms with van der Waals surface area (Å²) in [6.45, 7) is 0.148. The Balaban J connectivity index is 1.90. The van der Waals surface area contributed by atoms with Crippen LogP contribution in [0, 0.1) is 0 Å². The summed E-state index contributed by atoms with van der Waals surface area (Å²) in [5.41, 5.74) is 2.88. The molecular formula is C23H19ClO3. The lowest BCUT2D eigenvalue weighted by atomic mass is 10.0. The topological polar surface area (TPSA) is 35.5 Å². The van der Waals surface area contributed by atoms with Crippen molar-refractivity contribution in [2.75, 3.05) is 7.11 Å². The molecule has 0 aromatic heterocycles. The van der Waals surface area contributed by atoms with Gasteiger partial charge in [0.1, 0.15) is 12.4 Å². The summed E-state index contributed by atoms with van der Waals surface area (Å²) in [4.78, 5) is 12.8. The Morgan fingerprint density at radius 1 is 0.963 bits per heavy atom. The molecule has 3 aromatic rings. The fraction of sp³-hybridized carbons (Fsp3) is 0.0870. The maximum absolute atomic E-state index is 12.8. The van der Waals surface area contributed by atoms with Gasteiger partial charge in [0.15, 0.2) is 0 Å². The molecular weight excluding hydrogens is 360 g/mol. The van der Waals surface area contributed by atoms with Crippen LogP contribution in [0.25, 0.3) is 11.6 Å². The molecule has 0 unspecified atom stereocenters. The van der Waals surface area contributed by atoms with Crippen molar-refractivity contribution >= 4 is 29.2 Å². The number of methoxy groups -OCH3 is 1. The third kappa shape index (κ3) is 4.99. The number of carbonyl (C=O) groups is 1. The first-order valence-corrected chi connectivity index (χ1v) is 8.87. The average Bonchev–Trinajstić information content (AvgIpc) is 2.71. The lowest BCUT2D eigenvalue weighted by Crippen LogP contribution is -2.07. The average molecular weight is 379 g/mol.